The van der Waals surface area contributed by atoms with Crippen LogP contribution in [0.2, 0.25) is 0 Å². The number of nitrogens with one attached hydrogen (secondary N) is 3. The van der Waals surface area contributed by atoms with Crippen molar-refractivity contribution in [3.63, 3.8) is 0 Å². The molecule has 1 aromatic heterocycles. The van der Waals surface area contributed by atoms with Crippen LogP contribution in [0.3, 0.4) is 0 Å². The lowest BCUT2D eigenvalue weighted by atomic mass is 10.0. The number of carbonyl (C=O) groups is 4. The van der Waals surface area contributed by atoms with Gasteiger partial charge in [0, 0.05) is 25.2 Å². The number of aromatic nitrogens is 2. The number of carboxylic acids is 2. The number of aromatic amines is 1. The molecule has 1 heterocycles. The number of hydrogen-bond acceptors (Lipinski definition) is 8. The average molecular weight is 670 g/mol. The summed E-state index contributed by atoms with van der Waals surface area (Å²) in [6.45, 7) is 1.71. The molecule has 2 unspecified atom stereocenters. The Hall–Kier alpha value is -6.14. The lowest BCUT2D eigenvalue weighted by molar-refractivity contribution is -0.142. The molecule has 0 saturated carbocycles. The Morgan fingerprint density at radius 3 is 2.47 bits per heavy atom. The fraction of sp³-hybridized carbons (Fsp3) is 0.257. The Kier molecular flexibility index (Phi) is 10.00. The fourth-order valence-corrected chi connectivity index (χ4v) is 5.97. The quantitative estimate of drug-likeness (QED) is 0.140. The molecule has 3 aromatic carbocycles. The lowest BCUT2D eigenvalue weighted by Crippen LogP contribution is -2.42. The molecule has 49 heavy (non-hydrogen) atoms. The van der Waals surface area contributed by atoms with Crippen molar-refractivity contribution in [2.24, 2.45) is 0 Å². The number of aliphatic carboxylic acids is 2. The van der Waals surface area contributed by atoms with Crippen LogP contribution in [0.1, 0.15) is 69.8 Å². The highest BCUT2D eigenvalue weighted by molar-refractivity contribution is 5.97. The molecule has 0 aliphatic heterocycles. The van der Waals surface area contributed by atoms with E-state index in [4.69, 9.17) is 0 Å². The predicted octanol–water partition coefficient (Wildman–Crippen LogP) is 3.24. The van der Waals surface area contributed by atoms with E-state index in [1.165, 1.54) is 42.5 Å². The van der Waals surface area contributed by atoms with E-state index >= 15 is 4.39 Å². The smallest absolute Gasteiger partial charge is 0.330 e. The number of carbonyl (C=O) groups excluding carboxylic acids is 3. The first-order valence-corrected chi connectivity index (χ1v) is 15.3. The van der Waals surface area contributed by atoms with Gasteiger partial charge in [0.25, 0.3) is 11.5 Å². The number of rotatable bonds is 12. The van der Waals surface area contributed by atoms with Crippen LogP contribution in [0, 0.1) is 12.7 Å². The molecule has 5 rings (SSSR count). The fourth-order valence-electron chi connectivity index (χ4n) is 5.97. The zero-order valence-electron chi connectivity index (χ0n) is 26.5. The number of nitrogens with zero attached hydrogens (tertiary/aromatic N) is 2. The standard InChI is InChI=1S/C35H32FN5O8/c1-18-37-28-15-21-7-11-29(24(21)17-25(28)33(45)38-18)41(2)22-8-9-23(26(36)16-22)32(44)39-27(34(46)47)10-12-30(43)40-31(35(48)49)20-5-3-19(4-6-20)13-14-42/h3-6,8-9,13,15-17,27,29,31H,7,10-12H2,1-2H3,(H,39,44)(H,40,43)(H,46,47)(H,48,49)(H,37,38,45)/t27-,29?,31?/m0/s1. The molecule has 3 atom stereocenters. The van der Waals surface area contributed by atoms with Gasteiger partial charge in [0.2, 0.25) is 5.91 Å². The highest BCUT2D eigenvalue weighted by Crippen LogP contribution is 2.39. The minimum absolute atomic E-state index is 0.179. The molecular formula is C35H32FN5O8. The van der Waals surface area contributed by atoms with Crippen molar-refractivity contribution >= 4 is 52.4 Å². The Bertz CT molecular complexity index is 2070. The van der Waals surface area contributed by atoms with E-state index in [9.17, 15) is 39.0 Å². The average Bonchev–Trinajstić information content (AvgIpc) is 3.47. The summed E-state index contributed by atoms with van der Waals surface area (Å²) in [4.78, 5) is 81.3. The monoisotopic (exact) mass is 669 g/mol. The van der Waals surface area contributed by atoms with Crippen LogP contribution >= 0.6 is 0 Å². The zero-order valence-corrected chi connectivity index (χ0v) is 26.5. The van der Waals surface area contributed by atoms with Crippen molar-refractivity contribution in [2.75, 3.05) is 11.9 Å². The Labute approximate surface area is 278 Å². The summed E-state index contributed by atoms with van der Waals surface area (Å²) in [5.74, 6) is -3.41. The van der Waals surface area contributed by atoms with Crippen molar-refractivity contribution in [2.45, 2.75) is 50.7 Å². The summed E-state index contributed by atoms with van der Waals surface area (Å²) < 4.78 is 15.3. The summed E-state index contributed by atoms with van der Waals surface area (Å²) in [5, 5.41) is 24.3. The van der Waals surface area contributed by atoms with Gasteiger partial charge in [0.05, 0.1) is 22.5 Å². The van der Waals surface area contributed by atoms with Crippen molar-refractivity contribution in [1.82, 2.24) is 20.6 Å². The summed E-state index contributed by atoms with van der Waals surface area (Å²) in [6, 6.07) is 10.2. The van der Waals surface area contributed by atoms with E-state index in [0.29, 0.717) is 34.4 Å². The van der Waals surface area contributed by atoms with Gasteiger partial charge in [0.15, 0.2) is 6.04 Å². The Balaban J connectivity index is 1.23. The molecule has 13 nitrogen and oxygen atoms in total. The highest BCUT2D eigenvalue weighted by Gasteiger charge is 2.29. The first-order valence-electron chi connectivity index (χ1n) is 15.3. The van der Waals surface area contributed by atoms with E-state index < -0.39 is 60.1 Å². The minimum atomic E-state index is -1.58. The van der Waals surface area contributed by atoms with Gasteiger partial charge in [-0.1, -0.05) is 24.3 Å². The van der Waals surface area contributed by atoms with Crippen LogP contribution in [-0.2, 0) is 25.6 Å². The van der Waals surface area contributed by atoms with Crippen molar-refractivity contribution in [1.29, 1.82) is 0 Å². The number of carboxylic acid groups (broad SMARTS) is 2. The largest absolute Gasteiger partial charge is 0.480 e. The van der Waals surface area contributed by atoms with Crippen LogP contribution in [0.15, 0.2) is 59.4 Å². The van der Waals surface area contributed by atoms with Crippen LogP contribution in [0.4, 0.5) is 10.1 Å². The minimum Gasteiger partial charge on any atom is -0.480 e. The molecule has 2 amide bonds. The number of benzene rings is 3. The van der Waals surface area contributed by atoms with Crippen LogP contribution in [-0.4, -0.2) is 63.0 Å². The maximum absolute atomic E-state index is 15.3. The van der Waals surface area contributed by atoms with E-state index in [2.05, 4.69) is 20.6 Å². The van der Waals surface area contributed by atoms with Crippen molar-refractivity contribution in [3.8, 4) is 0 Å². The number of fused-ring (bicyclic) bond motifs is 2. The predicted molar refractivity (Wildman–Crippen MR) is 176 cm³/mol. The van der Waals surface area contributed by atoms with Crippen LogP contribution in [0.25, 0.3) is 17.0 Å². The summed E-state index contributed by atoms with van der Waals surface area (Å²) in [6.07, 6.45) is 1.72. The van der Waals surface area contributed by atoms with Crippen LogP contribution in [0.5, 0.6) is 0 Å². The molecule has 5 N–H and O–H groups in total. The zero-order chi connectivity index (χ0) is 35.4. The first kappa shape index (κ1) is 34.2. The third kappa shape index (κ3) is 7.55. The van der Waals surface area contributed by atoms with Gasteiger partial charge >= 0.3 is 11.9 Å². The SMILES string of the molecule is Cc1nc2cc3c(cc2c(=O)[nH]1)C(N(C)c1ccc(C(=O)N[C@@H](CCC(=O)NC(C(=O)O)c2ccc(C=C=O)cc2)C(=O)O)c(F)c1)CC3. The second-order valence-corrected chi connectivity index (χ2v) is 11.7. The molecular weight excluding hydrogens is 637 g/mol. The van der Waals surface area contributed by atoms with E-state index in [-0.39, 0.29) is 17.2 Å². The van der Waals surface area contributed by atoms with Gasteiger partial charge in [-0.3, -0.25) is 14.4 Å². The highest BCUT2D eigenvalue weighted by atomic mass is 19.1. The van der Waals surface area contributed by atoms with Gasteiger partial charge in [-0.15, -0.1) is 0 Å². The third-order valence-corrected chi connectivity index (χ3v) is 8.51. The van der Waals surface area contributed by atoms with Gasteiger partial charge in [-0.25, -0.2) is 23.8 Å². The number of aryl methyl sites for hydroxylation is 2. The maximum Gasteiger partial charge on any atom is 0.330 e. The molecule has 252 valence electrons. The topological polar surface area (TPSA) is 199 Å². The third-order valence-electron chi connectivity index (χ3n) is 8.51. The van der Waals surface area contributed by atoms with Gasteiger partial charge in [0.1, 0.15) is 23.6 Å². The number of anilines is 1. The maximum atomic E-state index is 15.3. The second kappa shape index (κ2) is 14.3. The van der Waals surface area contributed by atoms with E-state index in [0.717, 1.165) is 23.6 Å². The molecule has 0 fully saturated rings. The molecule has 0 bridgehead atoms. The van der Waals surface area contributed by atoms with E-state index in [1.807, 2.05) is 17.0 Å². The van der Waals surface area contributed by atoms with Crippen molar-refractivity contribution in [3.05, 3.63) is 104 Å². The molecule has 1 aliphatic carbocycles. The second-order valence-electron chi connectivity index (χ2n) is 11.7. The molecule has 0 spiro atoms. The normalized spacial score (nSPS) is 14.6. The molecule has 0 saturated heterocycles. The van der Waals surface area contributed by atoms with Gasteiger partial charge < -0.3 is 30.7 Å². The van der Waals surface area contributed by atoms with Crippen molar-refractivity contribution < 1.29 is 38.6 Å². The lowest BCUT2D eigenvalue weighted by Gasteiger charge is -2.28. The summed E-state index contributed by atoms with van der Waals surface area (Å²) >= 11 is 0. The summed E-state index contributed by atoms with van der Waals surface area (Å²) in [7, 11) is 1.77. The Morgan fingerprint density at radius 1 is 1.08 bits per heavy atom. The number of H-pyrrole nitrogens is 1. The molecule has 4 aromatic rings. The van der Waals surface area contributed by atoms with Crippen LogP contribution < -0.4 is 21.1 Å². The Morgan fingerprint density at radius 2 is 1.82 bits per heavy atom. The van der Waals surface area contributed by atoms with Gasteiger partial charge in [-0.2, -0.15) is 0 Å². The van der Waals surface area contributed by atoms with Gasteiger partial charge in [-0.05, 0) is 78.8 Å². The number of amides is 2. The number of hydrogen-bond donors (Lipinski definition) is 5. The number of halogens is 1. The summed E-state index contributed by atoms with van der Waals surface area (Å²) in [5.41, 5.74) is 3.05. The first-order chi connectivity index (χ1) is 23.4. The molecule has 0 radical (unpaired) electrons. The molecule has 14 heteroatoms. The van der Waals surface area contributed by atoms with E-state index in [1.54, 1.807) is 19.9 Å². The molecule has 1 aliphatic rings.